The van der Waals surface area contributed by atoms with Gasteiger partial charge in [0.1, 0.15) is 0 Å². The Morgan fingerprint density at radius 2 is 2.50 bits per heavy atom. The average Bonchev–Trinajstić information content (AvgIpc) is 2.20. The molecule has 0 bridgehead atoms. The van der Waals surface area contributed by atoms with E-state index in [1.165, 1.54) is 17.8 Å². The Kier molecular flexibility index (Phi) is 2.51. The second kappa shape index (κ2) is 3.21. The molecule has 0 aromatic rings. The molecule has 0 aromatic heterocycles. The third kappa shape index (κ3) is 1.41. The lowest BCUT2D eigenvalue weighted by Gasteiger charge is -2.09. The molecule has 0 aliphatic heterocycles. The van der Waals surface area contributed by atoms with E-state index in [9.17, 15) is 4.79 Å². The highest BCUT2D eigenvalue weighted by atomic mass is 32.2. The first-order chi connectivity index (χ1) is 4.75. The fourth-order valence-corrected chi connectivity index (χ4v) is 1.81. The molecule has 2 atom stereocenters. The zero-order valence-electron chi connectivity index (χ0n) is 5.78. The van der Waals surface area contributed by atoms with Crippen LogP contribution in [0.3, 0.4) is 0 Å². The summed E-state index contributed by atoms with van der Waals surface area (Å²) in [7, 11) is 0. The zero-order valence-corrected chi connectivity index (χ0v) is 6.60. The number of ketones is 1. The largest absolute Gasteiger partial charge is 0.387 e. The van der Waals surface area contributed by atoms with Crippen LogP contribution in [0.15, 0.2) is 12.2 Å². The molecule has 1 aliphatic rings. The van der Waals surface area contributed by atoms with Gasteiger partial charge in [-0.1, -0.05) is 13.0 Å². The molecule has 1 aliphatic carbocycles. The fraction of sp³-hybridized carbons (Fsp3) is 0.571. The molecule has 3 heteroatoms. The lowest BCUT2D eigenvalue weighted by atomic mass is 10.3. The van der Waals surface area contributed by atoms with Crippen LogP contribution < -0.4 is 0 Å². The Bertz CT molecular complexity index is 165. The molecule has 0 spiro atoms. The Morgan fingerprint density at radius 1 is 1.80 bits per heavy atom. The van der Waals surface area contributed by atoms with E-state index in [0.29, 0.717) is 0 Å². The maximum absolute atomic E-state index is 10.9. The summed E-state index contributed by atoms with van der Waals surface area (Å²) in [6.45, 7) is 1.98. The molecule has 2 unspecified atom stereocenters. The third-order valence-electron chi connectivity index (χ3n) is 1.39. The van der Waals surface area contributed by atoms with Crippen molar-refractivity contribution in [1.29, 1.82) is 0 Å². The van der Waals surface area contributed by atoms with Crippen molar-refractivity contribution in [3.05, 3.63) is 12.2 Å². The second-order valence-electron chi connectivity index (χ2n) is 2.13. The predicted molar refractivity (Wildman–Crippen MR) is 42.1 cm³/mol. The molecule has 0 radical (unpaired) electrons. The van der Waals surface area contributed by atoms with Gasteiger partial charge in [-0.15, -0.1) is 11.8 Å². The summed E-state index contributed by atoms with van der Waals surface area (Å²) in [5.41, 5.74) is 0. The number of hydrogen-bond acceptors (Lipinski definition) is 3. The quantitative estimate of drug-likeness (QED) is 0.639. The lowest BCUT2D eigenvalue weighted by molar-refractivity contribution is -0.114. The van der Waals surface area contributed by atoms with Gasteiger partial charge in [0.15, 0.2) is 5.78 Å². The van der Waals surface area contributed by atoms with Crippen LogP contribution in [0.4, 0.5) is 0 Å². The van der Waals surface area contributed by atoms with Crippen molar-refractivity contribution in [2.45, 2.75) is 18.3 Å². The summed E-state index contributed by atoms with van der Waals surface area (Å²) >= 11 is 1.49. The number of thioether (sulfide) groups is 1. The third-order valence-corrected chi connectivity index (χ3v) is 2.60. The van der Waals surface area contributed by atoms with Crippen LogP contribution in [0.2, 0.25) is 0 Å². The summed E-state index contributed by atoms with van der Waals surface area (Å²) in [6, 6.07) is 0. The normalized spacial score (nSPS) is 31.6. The van der Waals surface area contributed by atoms with Crippen LogP contribution in [-0.4, -0.2) is 28.0 Å². The van der Waals surface area contributed by atoms with E-state index < -0.39 is 6.10 Å². The molecule has 0 saturated carbocycles. The Labute approximate surface area is 64.3 Å². The van der Waals surface area contributed by atoms with Crippen molar-refractivity contribution >= 4 is 17.5 Å². The van der Waals surface area contributed by atoms with Gasteiger partial charge in [0, 0.05) is 0 Å². The van der Waals surface area contributed by atoms with Gasteiger partial charge in [-0.05, 0) is 11.8 Å². The summed E-state index contributed by atoms with van der Waals surface area (Å²) in [4.78, 5) is 10.9. The zero-order chi connectivity index (χ0) is 7.56. The number of rotatable bonds is 2. The number of hydrogen-bond donors (Lipinski definition) is 1. The van der Waals surface area contributed by atoms with Crippen molar-refractivity contribution in [2.75, 3.05) is 5.75 Å². The number of aliphatic hydroxyl groups is 1. The van der Waals surface area contributed by atoms with E-state index in [1.807, 2.05) is 6.92 Å². The average molecular weight is 158 g/mol. The molecule has 1 N–H and O–H groups in total. The summed E-state index contributed by atoms with van der Waals surface area (Å²) in [6.07, 6.45) is 2.45. The Hall–Kier alpha value is -0.280. The minimum atomic E-state index is -0.558. The summed E-state index contributed by atoms with van der Waals surface area (Å²) in [5, 5.41) is 8.93. The predicted octanol–water partition coefficient (Wildman–Crippen LogP) is 0.608. The summed E-state index contributed by atoms with van der Waals surface area (Å²) in [5.74, 6) is 0.911. The van der Waals surface area contributed by atoms with Crippen molar-refractivity contribution in [3.8, 4) is 0 Å². The van der Waals surface area contributed by atoms with E-state index in [1.54, 1.807) is 6.08 Å². The van der Waals surface area contributed by atoms with Crippen LogP contribution in [0, 0.1) is 0 Å². The summed E-state index contributed by atoms with van der Waals surface area (Å²) < 4.78 is 0. The van der Waals surface area contributed by atoms with Crippen molar-refractivity contribution in [1.82, 2.24) is 0 Å². The monoisotopic (exact) mass is 158 g/mol. The highest BCUT2D eigenvalue weighted by Gasteiger charge is 2.27. The van der Waals surface area contributed by atoms with Gasteiger partial charge in [0.05, 0.1) is 11.4 Å². The molecule has 0 aromatic carbocycles. The maximum atomic E-state index is 10.9. The Balaban J connectivity index is 2.52. The Morgan fingerprint density at radius 3 is 2.90 bits per heavy atom. The molecule has 0 amide bonds. The number of carbonyl (C=O) groups is 1. The van der Waals surface area contributed by atoms with Gasteiger partial charge < -0.3 is 5.11 Å². The molecule has 0 fully saturated rings. The molecule has 0 saturated heterocycles. The smallest absolute Gasteiger partial charge is 0.171 e. The number of aliphatic hydroxyl groups excluding tert-OH is 1. The van der Waals surface area contributed by atoms with Gasteiger partial charge in [0.25, 0.3) is 0 Å². The van der Waals surface area contributed by atoms with Crippen molar-refractivity contribution in [3.63, 3.8) is 0 Å². The van der Waals surface area contributed by atoms with Crippen LogP contribution in [0.5, 0.6) is 0 Å². The second-order valence-corrected chi connectivity index (χ2v) is 3.55. The van der Waals surface area contributed by atoms with E-state index >= 15 is 0 Å². The van der Waals surface area contributed by atoms with Crippen LogP contribution in [0.25, 0.3) is 0 Å². The van der Waals surface area contributed by atoms with Gasteiger partial charge in [-0.25, -0.2) is 0 Å². The van der Waals surface area contributed by atoms with Gasteiger partial charge in [0.2, 0.25) is 0 Å². The fourth-order valence-electron chi connectivity index (χ4n) is 0.918. The standard InChI is InChI=1S/C7H10O2S/c1-2-10-7-5(8)3-4-6(7)9/h3-5,7-8H,2H2,1H3. The maximum Gasteiger partial charge on any atom is 0.171 e. The van der Waals surface area contributed by atoms with Gasteiger partial charge in [-0.2, -0.15) is 0 Å². The SMILES string of the molecule is CCSC1C(=O)C=CC1O. The van der Waals surface area contributed by atoms with Gasteiger partial charge in [-0.3, -0.25) is 4.79 Å². The van der Waals surface area contributed by atoms with Gasteiger partial charge >= 0.3 is 0 Å². The van der Waals surface area contributed by atoms with E-state index in [4.69, 9.17) is 5.11 Å². The molecule has 10 heavy (non-hydrogen) atoms. The number of allylic oxidation sites excluding steroid dienone is 1. The highest BCUT2D eigenvalue weighted by molar-refractivity contribution is 8.00. The number of carbonyl (C=O) groups excluding carboxylic acids is 1. The molecule has 1 rings (SSSR count). The lowest BCUT2D eigenvalue weighted by Crippen LogP contribution is -2.22. The molecule has 56 valence electrons. The molecular formula is C7H10O2S. The van der Waals surface area contributed by atoms with Crippen molar-refractivity contribution in [2.24, 2.45) is 0 Å². The van der Waals surface area contributed by atoms with Crippen molar-refractivity contribution < 1.29 is 9.90 Å². The minimum Gasteiger partial charge on any atom is -0.387 e. The highest BCUT2D eigenvalue weighted by Crippen LogP contribution is 2.21. The van der Waals surface area contributed by atoms with E-state index in [-0.39, 0.29) is 11.0 Å². The van der Waals surface area contributed by atoms with E-state index in [0.717, 1.165) is 5.75 Å². The first-order valence-electron chi connectivity index (χ1n) is 3.27. The van der Waals surface area contributed by atoms with Crippen LogP contribution in [0.1, 0.15) is 6.92 Å². The molecule has 2 nitrogen and oxygen atoms in total. The molecule has 0 heterocycles. The first kappa shape index (κ1) is 7.82. The first-order valence-corrected chi connectivity index (χ1v) is 4.32. The topological polar surface area (TPSA) is 37.3 Å². The minimum absolute atomic E-state index is 0.0411. The van der Waals surface area contributed by atoms with Crippen LogP contribution in [-0.2, 0) is 4.79 Å². The van der Waals surface area contributed by atoms with Crippen LogP contribution >= 0.6 is 11.8 Å². The van der Waals surface area contributed by atoms with E-state index in [2.05, 4.69) is 0 Å². The molecular weight excluding hydrogens is 148 g/mol.